The SMILES string of the molecule is CC(C)CNCCN(C)CC(C)(C)S(C)(=O)=O. The highest BCUT2D eigenvalue weighted by Gasteiger charge is 2.31. The molecule has 0 radical (unpaired) electrons. The predicted octanol–water partition coefficient (Wildman–Crippen LogP) is 0.987. The van der Waals surface area contributed by atoms with E-state index in [-0.39, 0.29) is 0 Å². The summed E-state index contributed by atoms with van der Waals surface area (Å²) < 4.78 is 22.5. The van der Waals surface area contributed by atoms with Crippen molar-refractivity contribution in [2.45, 2.75) is 32.4 Å². The third-order valence-electron chi connectivity index (χ3n) is 2.88. The molecule has 1 N–H and O–H groups in total. The van der Waals surface area contributed by atoms with E-state index in [2.05, 4.69) is 24.1 Å². The van der Waals surface area contributed by atoms with Gasteiger partial charge in [-0.25, -0.2) is 8.42 Å². The Morgan fingerprint density at radius 2 is 1.82 bits per heavy atom. The van der Waals surface area contributed by atoms with Crippen LogP contribution in [0.15, 0.2) is 0 Å². The molecule has 0 saturated heterocycles. The molecule has 0 amide bonds. The van der Waals surface area contributed by atoms with Gasteiger partial charge in [0.15, 0.2) is 9.84 Å². The van der Waals surface area contributed by atoms with Crippen LogP contribution in [0.2, 0.25) is 0 Å². The van der Waals surface area contributed by atoms with Gasteiger partial charge in [-0.15, -0.1) is 0 Å². The molecule has 0 spiro atoms. The van der Waals surface area contributed by atoms with Gasteiger partial charge in [0.2, 0.25) is 0 Å². The zero-order valence-corrected chi connectivity index (χ0v) is 12.9. The summed E-state index contributed by atoms with van der Waals surface area (Å²) in [5.41, 5.74) is 0. The first-order chi connectivity index (χ1) is 7.56. The smallest absolute Gasteiger partial charge is 0.153 e. The lowest BCUT2D eigenvalue weighted by molar-refractivity contribution is 0.300. The van der Waals surface area contributed by atoms with E-state index < -0.39 is 14.6 Å². The summed E-state index contributed by atoms with van der Waals surface area (Å²) in [7, 11) is -1.04. The Labute approximate surface area is 107 Å². The van der Waals surface area contributed by atoms with Crippen LogP contribution in [0, 0.1) is 5.92 Å². The van der Waals surface area contributed by atoms with Crippen LogP contribution in [0.4, 0.5) is 0 Å². The summed E-state index contributed by atoms with van der Waals surface area (Å²) in [5.74, 6) is 0.646. The van der Waals surface area contributed by atoms with Crippen LogP contribution in [0.3, 0.4) is 0 Å². The van der Waals surface area contributed by atoms with Gasteiger partial charge in [0, 0.05) is 25.9 Å². The number of nitrogens with zero attached hydrogens (tertiary/aromatic N) is 1. The fourth-order valence-electron chi connectivity index (χ4n) is 1.51. The van der Waals surface area contributed by atoms with Gasteiger partial charge in [0.25, 0.3) is 0 Å². The van der Waals surface area contributed by atoms with Gasteiger partial charge in [-0.1, -0.05) is 13.8 Å². The van der Waals surface area contributed by atoms with E-state index in [1.165, 1.54) is 6.26 Å². The van der Waals surface area contributed by atoms with Crippen LogP contribution < -0.4 is 5.32 Å². The van der Waals surface area contributed by atoms with Gasteiger partial charge < -0.3 is 10.2 Å². The van der Waals surface area contributed by atoms with Crippen molar-refractivity contribution >= 4 is 9.84 Å². The van der Waals surface area contributed by atoms with Crippen molar-refractivity contribution in [1.29, 1.82) is 0 Å². The van der Waals surface area contributed by atoms with E-state index in [0.717, 1.165) is 19.6 Å². The number of likely N-dealkylation sites (N-methyl/N-ethyl adjacent to an activating group) is 1. The largest absolute Gasteiger partial charge is 0.315 e. The Balaban J connectivity index is 3.98. The summed E-state index contributed by atoms with van der Waals surface area (Å²) >= 11 is 0. The molecule has 0 unspecified atom stereocenters. The average Bonchev–Trinajstić information content (AvgIpc) is 2.09. The third-order valence-corrected chi connectivity index (χ3v) is 5.01. The van der Waals surface area contributed by atoms with Gasteiger partial charge in [0.05, 0.1) is 4.75 Å². The Hall–Kier alpha value is -0.130. The first-order valence-electron chi connectivity index (χ1n) is 6.15. The molecular weight excluding hydrogens is 236 g/mol. The minimum Gasteiger partial charge on any atom is -0.315 e. The number of rotatable bonds is 8. The maximum Gasteiger partial charge on any atom is 0.153 e. The number of sulfone groups is 1. The molecule has 5 heteroatoms. The third kappa shape index (κ3) is 7.01. The second-order valence-electron chi connectivity index (χ2n) is 5.87. The molecule has 0 rings (SSSR count). The van der Waals surface area contributed by atoms with E-state index in [9.17, 15) is 8.42 Å². The molecule has 0 aromatic carbocycles. The highest BCUT2D eigenvalue weighted by molar-refractivity contribution is 7.92. The molecule has 0 heterocycles. The highest BCUT2D eigenvalue weighted by Crippen LogP contribution is 2.15. The minimum absolute atomic E-state index is 0.565. The van der Waals surface area contributed by atoms with Crippen LogP contribution in [0.1, 0.15) is 27.7 Å². The monoisotopic (exact) mass is 264 g/mol. The molecule has 0 aliphatic rings. The summed E-state index contributed by atoms with van der Waals surface area (Å²) in [6, 6.07) is 0. The summed E-state index contributed by atoms with van der Waals surface area (Å²) in [6.07, 6.45) is 1.30. The van der Waals surface area contributed by atoms with Crippen molar-refractivity contribution in [3.8, 4) is 0 Å². The van der Waals surface area contributed by atoms with Crippen molar-refractivity contribution in [2.24, 2.45) is 5.92 Å². The van der Waals surface area contributed by atoms with E-state index >= 15 is 0 Å². The summed E-state index contributed by atoms with van der Waals surface area (Å²) in [4.78, 5) is 2.06. The lowest BCUT2D eigenvalue weighted by Gasteiger charge is -2.28. The lowest BCUT2D eigenvalue weighted by atomic mass is 10.2. The average molecular weight is 264 g/mol. The molecule has 0 aromatic heterocycles. The molecule has 0 aliphatic heterocycles. The molecule has 0 saturated carbocycles. The Bertz CT molecular complexity index is 310. The van der Waals surface area contributed by atoms with Gasteiger partial charge in [0.1, 0.15) is 0 Å². The van der Waals surface area contributed by atoms with Crippen molar-refractivity contribution in [1.82, 2.24) is 10.2 Å². The zero-order chi connectivity index (χ0) is 13.7. The summed E-state index contributed by atoms with van der Waals surface area (Å²) in [6.45, 7) is 11.2. The topological polar surface area (TPSA) is 49.4 Å². The van der Waals surface area contributed by atoms with Crippen LogP contribution in [-0.2, 0) is 9.84 Å². The van der Waals surface area contributed by atoms with Gasteiger partial charge in [-0.2, -0.15) is 0 Å². The van der Waals surface area contributed by atoms with Gasteiger partial charge >= 0.3 is 0 Å². The van der Waals surface area contributed by atoms with Crippen LogP contribution in [-0.4, -0.2) is 57.5 Å². The predicted molar refractivity (Wildman–Crippen MR) is 74.1 cm³/mol. The normalized spacial score (nSPS) is 13.6. The van der Waals surface area contributed by atoms with Crippen LogP contribution >= 0.6 is 0 Å². The fraction of sp³-hybridized carbons (Fsp3) is 1.00. The minimum atomic E-state index is -3.00. The standard InChI is InChI=1S/C12H28N2O2S/c1-11(2)9-13-7-8-14(5)10-12(3,4)17(6,15)16/h11,13H,7-10H2,1-6H3. The van der Waals surface area contributed by atoms with E-state index in [1.807, 2.05) is 7.05 Å². The fourth-order valence-corrected chi connectivity index (χ4v) is 1.96. The molecule has 104 valence electrons. The van der Waals surface area contributed by atoms with Crippen molar-refractivity contribution in [3.63, 3.8) is 0 Å². The Morgan fingerprint density at radius 3 is 2.24 bits per heavy atom. The Kier molecular flexibility index (Phi) is 6.66. The van der Waals surface area contributed by atoms with Gasteiger partial charge in [-0.05, 0) is 33.4 Å². The van der Waals surface area contributed by atoms with E-state index in [4.69, 9.17) is 0 Å². The van der Waals surface area contributed by atoms with Gasteiger partial charge in [-0.3, -0.25) is 0 Å². The zero-order valence-electron chi connectivity index (χ0n) is 12.1. The quantitative estimate of drug-likeness (QED) is 0.664. The molecule has 0 fully saturated rings. The molecule has 0 bridgehead atoms. The second-order valence-corrected chi connectivity index (χ2v) is 8.52. The maximum atomic E-state index is 11.6. The molecule has 0 aliphatic carbocycles. The number of hydrogen-bond donors (Lipinski definition) is 1. The Morgan fingerprint density at radius 1 is 1.29 bits per heavy atom. The van der Waals surface area contributed by atoms with E-state index in [1.54, 1.807) is 13.8 Å². The van der Waals surface area contributed by atoms with Crippen molar-refractivity contribution in [2.75, 3.05) is 39.5 Å². The lowest BCUT2D eigenvalue weighted by Crippen LogP contribution is -2.44. The summed E-state index contributed by atoms with van der Waals surface area (Å²) in [5, 5.41) is 3.35. The molecule has 0 aromatic rings. The molecule has 0 atom stereocenters. The maximum absolute atomic E-state index is 11.6. The van der Waals surface area contributed by atoms with E-state index in [0.29, 0.717) is 12.5 Å². The molecule has 17 heavy (non-hydrogen) atoms. The highest BCUT2D eigenvalue weighted by atomic mass is 32.2. The first kappa shape index (κ1) is 16.9. The van der Waals surface area contributed by atoms with Crippen LogP contribution in [0.25, 0.3) is 0 Å². The molecular formula is C12H28N2O2S. The van der Waals surface area contributed by atoms with Crippen molar-refractivity contribution in [3.05, 3.63) is 0 Å². The number of hydrogen-bond acceptors (Lipinski definition) is 4. The van der Waals surface area contributed by atoms with Crippen LogP contribution in [0.5, 0.6) is 0 Å². The second kappa shape index (κ2) is 6.71. The van der Waals surface area contributed by atoms with Crippen molar-refractivity contribution < 1.29 is 8.42 Å². The molecule has 4 nitrogen and oxygen atoms in total. The first-order valence-corrected chi connectivity index (χ1v) is 8.04. The number of nitrogens with one attached hydrogen (secondary N) is 1.